The minimum Gasteiger partial charge on any atom is -0.349 e. The van der Waals surface area contributed by atoms with Crippen LogP contribution in [0.4, 0.5) is 0 Å². The van der Waals surface area contributed by atoms with E-state index in [1.165, 1.54) is 0 Å². The first kappa shape index (κ1) is 16.6. The predicted molar refractivity (Wildman–Crippen MR) is 91.9 cm³/mol. The monoisotopic (exact) mass is 315 g/mol. The lowest BCUT2D eigenvalue weighted by atomic mass is 9.96. The number of rotatable bonds is 6. The van der Waals surface area contributed by atoms with E-state index < -0.39 is 0 Å². The SMILES string of the molecule is CC(C)C[C@@H](NC(=O)Cc1ccc(Cl)cc1)c1ccccc1. The second-order valence-corrected chi connectivity index (χ2v) is 6.40. The van der Waals surface area contributed by atoms with E-state index in [2.05, 4.69) is 31.3 Å². The van der Waals surface area contributed by atoms with E-state index >= 15 is 0 Å². The summed E-state index contributed by atoms with van der Waals surface area (Å²) in [6.07, 6.45) is 1.30. The highest BCUT2D eigenvalue weighted by Crippen LogP contribution is 2.21. The van der Waals surface area contributed by atoms with Crippen molar-refractivity contribution in [3.8, 4) is 0 Å². The molecule has 116 valence electrons. The van der Waals surface area contributed by atoms with Crippen molar-refractivity contribution in [2.24, 2.45) is 5.92 Å². The van der Waals surface area contributed by atoms with Gasteiger partial charge in [0.05, 0.1) is 12.5 Å². The van der Waals surface area contributed by atoms with Crippen molar-refractivity contribution in [1.82, 2.24) is 5.32 Å². The molecule has 0 aliphatic heterocycles. The van der Waals surface area contributed by atoms with Gasteiger partial charge in [-0.3, -0.25) is 4.79 Å². The fraction of sp³-hybridized carbons (Fsp3) is 0.316. The lowest BCUT2D eigenvalue weighted by Crippen LogP contribution is -2.30. The zero-order valence-corrected chi connectivity index (χ0v) is 13.8. The molecule has 2 nitrogen and oxygen atoms in total. The number of carbonyl (C=O) groups is 1. The zero-order valence-electron chi connectivity index (χ0n) is 13.1. The molecule has 0 aliphatic rings. The second-order valence-electron chi connectivity index (χ2n) is 5.96. The summed E-state index contributed by atoms with van der Waals surface area (Å²) in [4.78, 5) is 12.3. The fourth-order valence-corrected chi connectivity index (χ4v) is 2.59. The molecule has 0 heterocycles. The van der Waals surface area contributed by atoms with Crippen molar-refractivity contribution in [3.63, 3.8) is 0 Å². The Hall–Kier alpha value is -1.80. The molecule has 22 heavy (non-hydrogen) atoms. The van der Waals surface area contributed by atoms with Crippen LogP contribution >= 0.6 is 11.6 Å². The maximum absolute atomic E-state index is 12.3. The Morgan fingerprint density at radius 3 is 2.27 bits per heavy atom. The lowest BCUT2D eigenvalue weighted by molar-refractivity contribution is -0.121. The van der Waals surface area contributed by atoms with Crippen molar-refractivity contribution >= 4 is 17.5 Å². The van der Waals surface area contributed by atoms with Crippen molar-refractivity contribution in [2.45, 2.75) is 32.7 Å². The molecule has 1 atom stereocenters. The molecule has 2 aromatic carbocycles. The number of carbonyl (C=O) groups excluding carboxylic acids is 1. The minimum atomic E-state index is 0.0387. The van der Waals surface area contributed by atoms with E-state index in [0.717, 1.165) is 17.5 Å². The Morgan fingerprint density at radius 1 is 1.05 bits per heavy atom. The summed E-state index contributed by atoms with van der Waals surface area (Å²) in [5.41, 5.74) is 2.12. The third-order valence-corrected chi connectivity index (χ3v) is 3.77. The number of amides is 1. The van der Waals surface area contributed by atoms with Crippen LogP contribution in [-0.4, -0.2) is 5.91 Å². The Balaban J connectivity index is 2.03. The normalized spacial score (nSPS) is 12.2. The molecule has 0 spiro atoms. The largest absolute Gasteiger partial charge is 0.349 e. The summed E-state index contributed by atoms with van der Waals surface area (Å²) in [5, 5.41) is 3.84. The molecular weight excluding hydrogens is 294 g/mol. The van der Waals surface area contributed by atoms with Crippen LogP contribution in [0.2, 0.25) is 5.02 Å². The highest BCUT2D eigenvalue weighted by Gasteiger charge is 2.16. The molecule has 0 bridgehead atoms. The van der Waals surface area contributed by atoms with Crippen molar-refractivity contribution < 1.29 is 4.79 Å². The molecule has 2 rings (SSSR count). The van der Waals surface area contributed by atoms with Gasteiger partial charge >= 0.3 is 0 Å². The molecule has 0 saturated carbocycles. The molecule has 0 aromatic heterocycles. The van der Waals surface area contributed by atoms with Crippen LogP contribution in [0.5, 0.6) is 0 Å². The molecule has 3 heteroatoms. The average Bonchev–Trinajstić information content (AvgIpc) is 2.49. The Morgan fingerprint density at radius 2 is 1.68 bits per heavy atom. The third-order valence-electron chi connectivity index (χ3n) is 3.52. The lowest BCUT2D eigenvalue weighted by Gasteiger charge is -2.21. The Kier molecular flexibility index (Phi) is 6.02. The number of benzene rings is 2. The summed E-state index contributed by atoms with van der Waals surface area (Å²) >= 11 is 5.87. The first-order valence-corrected chi connectivity index (χ1v) is 8.01. The Bertz CT molecular complexity index is 593. The Labute approximate surface area is 137 Å². The number of nitrogens with one attached hydrogen (secondary N) is 1. The minimum absolute atomic E-state index is 0.0387. The standard InChI is InChI=1S/C19H22ClNO/c1-14(2)12-18(16-6-4-3-5-7-16)21-19(22)13-15-8-10-17(20)11-9-15/h3-11,14,18H,12-13H2,1-2H3,(H,21,22)/t18-/m1/s1. The summed E-state index contributed by atoms with van der Waals surface area (Å²) < 4.78 is 0. The van der Waals surface area contributed by atoms with Gasteiger partial charge < -0.3 is 5.32 Å². The van der Waals surface area contributed by atoms with Crippen LogP contribution in [0, 0.1) is 5.92 Å². The quantitative estimate of drug-likeness (QED) is 0.816. The van der Waals surface area contributed by atoms with E-state index in [9.17, 15) is 4.79 Å². The maximum atomic E-state index is 12.3. The van der Waals surface area contributed by atoms with Crippen LogP contribution < -0.4 is 5.32 Å². The van der Waals surface area contributed by atoms with Gasteiger partial charge in [0.2, 0.25) is 5.91 Å². The van der Waals surface area contributed by atoms with Gasteiger partial charge in [0.25, 0.3) is 0 Å². The topological polar surface area (TPSA) is 29.1 Å². The third kappa shape index (κ3) is 5.19. The summed E-state index contributed by atoms with van der Waals surface area (Å²) in [7, 11) is 0. The molecule has 0 aliphatic carbocycles. The van der Waals surface area contributed by atoms with Crippen LogP contribution in [-0.2, 0) is 11.2 Å². The number of hydrogen-bond acceptors (Lipinski definition) is 1. The maximum Gasteiger partial charge on any atom is 0.224 e. The molecule has 0 radical (unpaired) electrons. The van der Waals surface area contributed by atoms with Gasteiger partial charge in [-0.1, -0.05) is 67.9 Å². The second kappa shape index (κ2) is 8.00. The van der Waals surface area contributed by atoms with E-state index in [1.807, 2.05) is 42.5 Å². The fourth-order valence-electron chi connectivity index (χ4n) is 2.47. The van der Waals surface area contributed by atoms with Gasteiger partial charge in [-0.2, -0.15) is 0 Å². The molecule has 1 amide bonds. The van der Waals surface area contributed by atoms with Gasteiger partial charge in [0.1, 0.15) is 0 Å². The molecule has 2 aromatic rings. The molecule has 1 N–H and O–H groups in total. The number of halogens is 1. The number of hydrogen-bond donors (Lipinski definition) is 1. The van der Waals surface area contributed by atoms with Gasteiger partial charge in [-0.05, 0) is 35.6 Å². The highest BCUT2D eigenvalue weighted by atomic mass is 35.5. The summed E-state index contributed by atoms with van der Waals surface area (Å²) in [5.74, 6) is 0.554. The van der Waals surface area contributed by atoms with Gasteiger partial charge in [-0.15, -0.1) is 0 Å². The first-order valence-electron chi connectivity index (χ1n) is 7.63. The average molecular weight is 316 g/mol. The van der Waals surface area contributed by atoms with Crippen LogP contribution in [0.1, 0.15) is 37.4 Å². The summed E-state index contributed by atoms with van der Waals surface area (Å²) in [6, 6.07) is 17.6. The van der Waals surface area contributed by atoms with Crippen molar-refractivity contribution in [3.05, 3.63) is 70.7 Å². The van der Waals surface area contributed by atoms with Crippen molar-refractivity contribution in [2.75, 3.05) is 0 Å². The van der Waals surface area contributed by atoms with E-state index in [0.29, 0.717) is 17.4 Å². The smallest absolute Gasteiger partial charge is 0.224 e. The molecule has 0 fully saturated rings. The molecule has 0 unspecified atom stereocenters. The van der Waals surface area contributed by atoms with E-state index in [4.69, 9.17) is 11.6 Å². The molecule has 0 saturated heterocycles. The van der Waals surface area contributed by atoms with Crippen LogP contribution in [0.25, 0.3) is 0 Å². The molecular formula is C19H22ClNO. The van der Waals surface area contributed by atoms with E-state index in [1.54, 1.807) is 0 Å². The van der Waals surface area contributed by atoms with Crippen LogP contribution in [0.15, 0.2) is 54.6 Å². The highest BCUT2D eigenvalue weighted by molar-refractivity contribution is 6.30. The van der Waals surface area contributed by atoms with Crippen molar-refractivity contribution in [1.29, 1.82) is 0 Å². The van der Waals surface area contributed by atoms with E-state index in [-0.39, 0.29) is 11.9 Å². The van der Waals surface area contributed by atoms with Crippen LogP contribution in [0.3, 0.4) is 0 Å². The first-order chi connectivity index (χ1) is 10.5. The van der Waals surface area contributed by atoms with Gasteiger partial charge in [-0.25, -0.2) is 0 Å². The predicted octanol–water partition coefficient (Wildman–Crippen LogP) is 4.79. The van der Waals surface area contributed by atoms with Gasteiger partial charge in [0.15, 0.2) is 0 Å². The summed E-state index contributed by atoms with van der Waals surface area (Å²) in [6.45, 7) is 4.34. The zero-order chi connectivity index (χ0) is 15.9. The van der Waals surface area contributed by atoms with Gasteiger partial charge in [0, 0.05) is 5.02 Å².